The average Bonchev–Trinajstić information content (AvgIpc) is 2.30. The third-order valence-electron chi connectivity index (χ3n) is 1.80. The molecule has 62 valence electrons. The second kappa shape index (κ2) is 3.05. The Hall–Kier alpha value is -0.830. The summed E-state index contributed by atoms with van der Waals surface area (Å²) in [5, 5.41) is 4.29. The summed E-state index contributed by atoms with van der Waals surface area (Å²) < 4.78 is 1.85. The molecule has 0 bridgehead atoms. The molecule has 0 aliphatic rings. The Morgan fingerprint density at radius 2 is 2.36 bits per heavy atom. The normalized spacial score (nSPS) is 13.5. The number of aryl methyl sites for hydroxylation is 2. The Morgan fingerprint density at radius 1 is 1.73 bits per heavy atom. The minimum Gasteiger partial charge on any atom is -0.323 e. The molecule has 11 heavy (non-hydrogen) atoms. The number of hydrogen-bond acceptors (Lipinski definition) is 2. The molecule has 1 rings (SSSR count). The van der Waals surface area contributed by atoms with Crippen molar-refractivity contribution in [2.45, 2.75) is 26.3 Å². The number of hydrogen-bond donors (Lipinski definition) is 1. The largest absolute Gasteiger partial charge is 0.323 e. The van der Waals surface area contributed by atoms with Crippen LogP contribution in [-0.4, -0.2) is 9.78 Å². The van der Waals surface area contributed by atoms with Crippen molar-refractivity contribution in [2.75, 3.05) is 0 Å². The van der Waals surface area contributed by atoms with Gasteiger partial charge in [0, 0.05) is 13.1 Å². The van der Waals surface area contributed by atoms with Crippen molar-refractivity contribution in [3.8, 4) is 0 Å². The minimum absolute atomic E-state index is 0.0767. The third kappa shape index (κ3) is 1.60. The van der Waals surface area contributed by atoms with E-state index in [1.54, 1.807) is 0 Å². The van der Waals surface area contributed by atoms with Crippen molar-refractivity contribution in [3.05, 3.63) is 17.5 Å². The number of aromatic nitrogens is 2. The molecule has 3 heteroatoms. The van der Waals surface area contributed by atoms with E-state index in [0.29, 0.717) is 0 Å². The molecule has 0 aliphatic carbocycles. The number of nitrogens with two attached hydrogens (primary N) is 1. The maximum absolute atomic E-state index is 5.72. The van der Waals surface area contributed by atoms with E-state index in [2.05, 4.69) is 18.1 Å². The zero-order chi connectivity index (χ0) is 8.43. The number of nitrogens with zero attached hydrogens (tertiary/aromatic N) is 2. The molecule has 0 spiro atoms. The first-order chi connectivity index (χ1) is 5.15. The van der Waals surface area contributed by atoms with Crippen LogP contribution in [0, 0.1) is 0 Å². The summed E-state index contributed by atoms with van der Waals surface area (Å²) in [5.41, 5.74) is 7.93. The molecule has 0 amide bonds. The average molecular weight is 153 g/mol. The molecule has 0 saturated heterocycles. The lowest BCUT2D eigenvalue weighted by atomic mass is 10.2. The van der Waals surface area contributed by atoms with Gasteiger partial charge in [-0.1, -0.05) is 6.92 Å². The SMILES string of the molecule is CCc1cc([C@H](C)N)n(C)n1. The van der Waals surface area contributed by atoms with Crippen LogP contribution < -0.4 is 5.73 Å². The van der Waals surface area contributed by atoms with Crippen molar-refractivity contribution in [1.29, 1.82) is 0 Å². The van der Waals surface area contributed by atoms with E-state index in [9.17, 15) is 0 Å². The van der Waals surface area contributed by atoms with Crippen LogP contribution in [0.15, 0.2) is 6.07 Å². The van der Waals surface area contributed by atoms with Gasteiger partial charge < -0.3 is 5.73 Å². The zero-order valence-electron chi connectivity index (χ0n) is 7.33. The molecule has 0 radical (unpaired) electrons. The molecule has 0 fully saturated rings. The highest BCUT2D eigenvalue weighted by Gasteiger charge is 2.06. The van der Waals surface area contributed by atoms with Crippen LogP contribution in [0.1, 0.15) is 31.3 Å². The van der Waals surface area contributed by atoms with Crippen molar-refractivity contribution in [2.24, 2.45) is 12.8 Å². The smallest absolute Gasteiger partial charge is 0.0625 e. The Bertz CT molecular complexity index is 237. The Morgan fingerprint density at radius 3 is 2.64 bits per heavy atom. The van der Waals surface area contributed by atoms with E-state index in [4.69, 9.17) is 5.73 Å². The predicted octanol–water partition coefficient (Wildman–Crippen LogP) is 1.00. The van der Waals surface area contributed by atoms with Gasteiger partial charge in [-0.25, -0.2) is 0 Å². The van der Waals surface area contributed by atoms with Gasteiger partial charge in [0.2, 0.25) is 0 Å². The van der Waals surface area contributed by atoms with Crippen LogP contribution >= 0.6 is 0 Å². The lowest BCUT2D eigenvalue weighted by Gasteiger charge is -2.03. The van der Waals surface area contributed by atoms with E-state index in [1.165, 1.54) is 0 Å². The van der Waals surface area contributed by atoms with Crippen LogP contribution in [0.2, 0.25) is 0 Å². The first-order valence-corrected chi connectivity index (χ1v) is 3.93. The Kier molecular flexibility index (Phi) is 2.29. The molecule has 1 aromatic heterocycles. The molecule has 0 unspecified atom stereocenters. The minimum atomic E-state index is 0.0767. The van der Waals surface area contributed by atoms with Gasteiger partial charge in [0.1, 0.15) is 0 Å². The molecule has 0 saturated carbocycles. The molecule has 0 aliphatic heterocycles. The quantitative estimate of drug-likeness (QED) is 0.689. The van der Waals surface area contributed by atoms with E-state index in [0.717, 1.165) is 17.8 Å². The fourth-order valence-electron chi connectivity index (χ4n) is 1.14. The van der Waals surface area contributed by atoms with Crippen LogP contribution in [0.25, 0.3) is 0 Å². The second-order valence-electron chi connectivity index (χ2n) is 2.83. The molecule has 1 heterocycles. The summed E-state index contributed by atoms with van der Waals surface area (Å²) in [5.74, 6) is 0. The summed E-state index contributed by atoms with van der Waals surface area (Å²) in [6.07, 6.45) is 0.973. The first kappa shape index (κ1) is 8.27. The van der Waals surface area contributed by atoms with Crippen LogP contribution in [0.4, 0.5) is 0 Å². The van der Waals surface area contributed by atoms with Crippen molar-refractivity contribution in [3.63, 3.8) is 0 Å². The standard InChI is InChI=1S/C8H15N3/c1-4-7-5-8(6(2)9)11(3)10-7/h5-6H,4,9H2,1-3H3/t6-/m0/s1. The van der Waals surface area contributed by atoms with Gasteiger partial charge in [-0.15, -0.1) is 0 Å². The molecule has 2 N–H and O–H groups in total. The molecular weight excluding hydrogens is 138 g/mol. The van der Waals surface area contributed by atoms with Gasteiger partial charge in [0.15, 0.2) is 0 Å². The van der Waals surface area contributed by atoms with E-state index < -0.39 is 0 Å². The Balaban J connectivity index is 2.97. The fourth-order valence-corrected chi connectivity index (χ4v) is 1.14. The fraction of sp³-hybridized carbons (Fsp3) is 0.625. The maximum atomic E-state index is 5.72. The lowest BCUT2D eigenvalue weighted by molar-refractivity contribution is 0.649. The molecule has 1 atom stereocenters. The van der Waals surface area contributed by atoms with Crippen molar-refractivity contribution < 1.29 is 0 Å². The predicted molar refractivity (Wildman–Crippen MR) is 45.2 cm³/mol. The maximum Gasteiger partial charge on any atom is 0.0625 e. The molecule has 1 aromatic rings. The summed E-state index contributed by atoms with van der Waals surface area (Å²) in [6.45, 7) is 4.06. The van der Waals surface area contributed by atoms with Crippen LogP contribution in [-0.2, 0) is 13.5 Å². The van der Waals surface area contributed by atoms with Crippen LogP contribution in [0.3, 0.4) is 0 Å². The Labute approximate surface area is 67.2 Å². The molecular formula is C8H15N3. The number of rotatable bonds is 2. The van der Waals surface area contributed by atoms with Gasteiger partial charge in [0.05, 0.1) is 11.4 Å². The highest BCUT2D eigenvalue weighted by atomic mass is 15.3. The first-order valence-electron chi connectivity index (χ1n) is 3.93. The van der Waals surface area contributed by atoms with Gasteiger partial charge in [-0.2, -0.15) is 5.10 Å². The summed E-state index contributed by atoms with van der Waals surface area (Å²) in [6, 6.07) is 2.14. The monoisotopic (exact) mass is 153 g/mol. The van der Waals surface area contributed by atoms with Crippen molar-refractivity contribution >= 4 is 0 Å². The summed E-state index contributed by atoms with van der Waals surface area (Å²) in [4.78, 5) is 0. The topological polar surface area (TPSA) is 43.8 Å². The summed E-state index contributed by atoms with van der Waals surface area (Å²) >= 11 is 0. The highest BCUT2D eigenvalue weighted by molar-refractivity contribution is 5.12. The highest BCUT2D eigenvalue weighted by Crippen LogP contribution is 2.10. The van der Waals surface area contributed by atoms with Gasteiger partial charge in [-0.05, 0) is 19.4 Å². The van der Waals surface area contributed by atoms with Gasteiger partial charge in [0.25, 0.3) is 0 Å². The van der Waals surface area contributed by atoms with E-state index >= 15 is 0 Å². The summed E-state index contributed by atoms with van der Waals surface area (Å²) in [7, 11) is 1.93. The van der Waals surface area contributed by atoms with Gasteiger partial charge >= 0.3 is 0 Å². The van der Waals surface area contributed by atoms with Gasteiger partial charge in [-0.3, -0.25) is 4.68 Å². The van der Waals surface area contributed by atoms with E-state index in [1.807, 2.05) is 18.7 Å². The van der Waals surface area contributed by atoms with Crippen LogP contribution in [0.5, 0.6) is 0 Å². The molecule has 0 aromatic carbocycles. The lowest BCUT2D eigenvalue weighted by Crippen LogP contribution is -2.10. The molecule has 3 nitrogen and oxygen atoms in total. The zero-order valence-corrected chi connectivity index (χ0v) is 7.33. The van der Waals surface area contributed by atoms with E-state index in [-0.39, 0.29) is 6.04 Å². The van der Waals surface area contributed by atoms with Crippen molar-refractivity contribution in [1.82, 2.24) is 9.78 Å². The third-order valence-corrected chi connectivity index (χ3v) is 1.80. The second-order valence-corrected chi connectivity index (χ2v) is 2.83.